The van der Waals surface area contributed by atoms with Gasteiger partial charge in [-0.25, -0.2) is 13.1 Å². The zero-order valence-electron chi connectivity index (χ0n) is 14.7. The lowest BCUT2D eigenvalue weighted by molar-refractivity contribution is 0.584. The molecule has 0 saturated heterocycles. The van der Waals surface area contributed by atoms with Crippen molar-refractivity contribution in [1.82, 2.24) is 4.72 Å². The number of hydrogen-bond donors (Lipinski definition) is 1. The van der Waals surface area contributed by atoms with Gasteiger partial charge < -0.3 is 0 Å². The molecule has 4 heteroatoms. The Morgan fingerprint density at radius 2 is 1.56 bits per heavy atom. The summed E-state index contributed by atoms with van der Waals surface area (Å²) in [5.41, 5.74) is 4.69. The van der Waals surface area contributed by atoms with Crippen molar-refractivity contribution in [1.29, 1.82) is 0 Å². The summed E-state index contributed by atoms with van der Waals surface area (Å²) in [5.74, 6) is 0. The number of hydrogen-bond acceptors (Lipinski definition) is 2. The molecule has 1 saturated carbocycles. The van der Waals surface area contributed by atoms with Crippen molar-refractivity contribution in [2.45, 2.75) is 43.9 Å². The average Bonchev–Trinajstić information content (AvgIpc) is 2.64. The minimum absolute atomic E-state index is 0.319. The summed E-state index contributed by atoms with van der Waals surface area (Å²) >= 11 is 0. The monoisotopic (exact) mass is 355 g/mol. The number of aryl methyl sites for hydroxylation is 1. The highest BCUT2D eigenvalue weighted by Gasteiger charge is 2.17. The maximum Gasteiger partial charge on any atom is 0.240 e. The Morgan fingerprint density at radius 1 is 0.920 bits per heavy atom. The molecule has 132 valence electrons. The number of allylic oxidation sites excluding steroid dienone is 1. The number of rotatable bonds is 5. The second-order valence-electron chi connectivity index (χ2n) is 6.65. The van der Waals surface area contributed by atoms with Gasteiger partial charge in [0.2, 0.25) is 10.0 Å². The van der Waals surface area contributed by atoms with E-state index < -0.39 is 10.0 Å². The molecule has 0 aromatic heterocycles. The molecule has 0 spiro atoms. The summed E-state index contributed by atoms with van der Waals surface area (Å²) in [6, 6.07) is 17.1. The minimum Gasteiger partial charge on any atom is -0.207 e. The lowest BCUT2D eigenvalue weighted by Gasteiger charge is -2.20. The van der Waals surface area contributed by atoms with Gasteiger partial charge >= 0.3 is 0 Å². The standard InChI is InChI=1S/C21H25NO2S/c1-17-12-14-20(15-13-17)25(23,24)22-16-21(18-8-4-2-5-9-18)19-10-6-3-7-11-19/h2,4-5,8-9,12-15,22H,3,6-7,10-11,16H2,1H3. The number of sulfonamides is 1. The van der Waals surface area contributed by atoms with Crippen molar-refractivity contribution in [3.63, 3.8) is 0 Å². The molecule has 0 aliphatic heterocycles. The molecule has 3 rings (SSSR count). The van der Waals surface area contributed by atoms with Crippen LogP contribution in [0.5, 0.6) is 0 Å². The normalized spacial score (nSPS) is 15.2. The minimum atomic E-state index is -3.50. The van der Waals surface area contributed by atoms with E-state index in [9.17, 15) is 8.42 Å². The van der Waals surface area contributed by atoms with Gasteiger partial charge in [-0.15, -0.1) is 0 Å². The first-order valence-electron chi connectivity index (χ1n) is 8.89. The highest BCUT2D eigenvalue weighted by molar-refractivity contribution is 7.89. The molecule has 0 amide bonds. The second-order valence-corrected chi connectivity index (χ2v) is 8.41. The van der Waals surface area contributed by atoms with E-state index in [1.165, 1.54) is 24.8 Å². The van der Waals surface area contributed by atoms with Crippen LogP contribution in [0.15, 0.2) is 65.1 Å². The van der Waals surface area contributed by atoms with Gasteiger partial charge in [0.15, 0.2) is 0 Å². The Kier molecular flexibility index (Phi) is 5.71. The van der Waals surface area contributed by atoms with Crippen LogP contribution in [-0.4, -0.2) is 15.0 Å². The Labute approximate surface area is 150 Å². The number of benzene rings is 2. The van der Waals surface area contributed by atoms with Crippen LogP contribution >= 0.6 is 0 Å². The summed E-state index contributed by atoms with van der Waals surface area (Å²) in [4.78, 5) is 0.319. The number of nitrogens with one attached hydrogen (secondary N) is 1. The van der Waals surface area contributed by atoms with Crippen LogP contribution < -0.4 is 4.72 Å². The zero-order chi connectivity index (χ0) is 17.7. The van der Waals surface area contributed by atoms with Crippen LogP contribution in [0.4, 0.5) is 0 Å². The van der Waals surface area contributed by atoms with E-state index in [1.54, 1.807) is 12.1 Å². The molecule has 1 fully saturated rings. The maximum atomic E-state index is 12.6. The van der Waals surface area contributed by atoms with E-state index in [-0.39, 0.29) is 0 Å². The molecule has 0 radical (unpaired) electrons. The van der Waals surface area contributed by atoms with Crippen LogP contribution in [0.3, 0.4) is 0 Å². The molecule has 1 N–H and O–H groups in total. The van der Waals surface area contributed by atoms with Crippen LogP contribution in [0.2, 0.25) is 0 Å². The summed E-state index contributed by atoms with van der Waals surface area (Å²) in [6.07, 6.45) is 5.78. The average molecular weight is 356 g/mol. The fraction of sp³-hybridized carbons (Fsp3) is 0.333. The quantitative estimate of drug-likeness (QED) is 0.845. The van der Waals surface area contributed by atoms with Gasteiger partial charge in [-0.3, -0.25) is 0 Å². The SMILES string of the molecule is Cc1ccc(S(=O)(=O)NCC(=C2CCCCC2)c2ccccc2)cc1. The largest absolute Gasteiger partial charge is 0.240 e. The molecule has 0 heterocycles. The van der Waals surface area contributed by atoms with Gasteiger partial charge in [0.25, 0.3) is 0 Å². The molecule has 3 nitrogen and oxygen atoms in total. The predicted octanol–water partition coefficient (Wildman–Crippen LogP) is 4.69. The first kappa shape index (κ1) is 17.9. The third-order valence-electron chi connectivity index (χ3n) is 4.78. The first-order valence-corrected chi connectivity index (χ1v) is 10.4. The van der Waals surface area contributed by atoms with Crippen LogP contribution in [-0.2, 0) is 10.0 Å². The lowest BCUT2D eigenvalue weighted by atomic mass is 9.88. The fourth-order valence-electron chi connectivity index (χ4n) is 3.32. The van der Waals surface area contributed by atoms with Crippen LogP contribution in [0.25, 0.3) is 5.57 Å². The molecule has 1 aliphatic rings. The van der Waals surface area contributed by atoms with E-state index in [2.05, 4.69) is 16.9 Å². The van der Waals surface area contributed by atoms with Gasteiger partial charge in [-0.05, 0) is 55.9 Å². The summed E-state index contributed by atoms with van der Waals surface area (Å²) < 4.78 is 28.1. The third kappa shape index (κ3) is 4.59. The van der Waals surface area contributed by atoms with Crippen molar-refractivity contribution < 1.29 is 8.42 Å². The molecular formula is C21H25NO2S. The zero-order valence-corrected chi connectivity index (χ0v) is 15.5. The molecular weight excluding hydrogens is 330 g/mol. The van der Waals surface area contributed by atoms with E-state index in [0.717, 1.165) is 29.5 Å². The topological polar surface area (TPSA) is 46.2 Å². The van der Waals surface area contributed by atoms with E-state index >= 15 is 0 Å². The van der Waals surface area contributed by atoms with Gasteiger partial charge in [-0.1, -0.05) is 60.0 Å². The maximum absolute atomic E-state index is 12.6. The summed E-state index contributed by atoms with van der Waals surface area (Å²) in [5, 5.41) is 0. The van der Waals surface area contributed by atoms with Crippen molar-refractivity contribution in [3.05, 3.63) is 71.3 Å². The summed E-state index contributed by atoms with van der Waals surface area (Å²) in [6.45, 7) is 2.29. The van der Waals surface area contributed by atoms with E-state index in [1.807, 2.05) is 37.3 Å². The summed E-state index contributed by atoms with van der Waals surface area (Å²) in [7, 11) is -3.50. The van der Waals surface area contributed by atoms with Crippen LogP contribution in [0.1, 0.15) is 43.2 Å². The van der Waals surface area contributed by atoms with Gasteiger partial charge in [0, 0.05) is 6.54 Å². The van der Waals surface area contributed by atoms with Crippen LogP contribution in [0, 0.1) is 6.92 Å². The molecule has 2 aromatic rings. The lowest BCUT2D eigenvalue weighted by Crippen LogP contribution is -2.26. The Balaban J connectivity index is 1.85. The van der Waals surface area contributed by atoms with Gasteiger partial charge in [0.1, 0.15) is 0 Å². The second kappa shape index (κ2) is 7.98. The molecule has 0 atom stereocenters. The molecule has 0 bridgehead atoms. The third-order valence-corrected chi connectivity index (χ3v) is 6.19. The highest BCUT2D eigenvalue weighted by atomic mass is 32.2. The first-order chi connectivity index (χ1) is 12.1. The van der Waals surface area contributed by atoms with E-state index in [4.69, 9.17) is 0 Å². The molecule has 2 aromatic carbocycles. The van der Waals surface area contributed by atoms with E-state index in [0.29, 0.717) is 11.4 Å². The Morgan fingerprint density at radius 3 is 2.20 bits per heavy atom. The van der Waals surface area contributed by atoms with Crippen molar-refractivity contribution in [3.8, 4) is 0 Å². The van der Waals surface area contributed by atoms with Gasteiger partial charge in [-0.2, -0.15) is 0 Å². The van der Waals surface area contributed by atoms with Crippen molar-refractivity contribution in [2.24, 2.45) is 0 Å². The molecule has 25 heavy (non-hydrogen) atoms. The molecule has 0 unspecified atom stereocenters. The van der Waals surface area contributed by atoms with Gasteiger partial charge in [0.05, 0.1) is 4.90 Å². The Bertz CT molecular complexity index is 829. The highest BCUT2D eigenvalue weighted by Crippen LogP contribution is 2.30. The van der Waals surface area contributed by atoms with Crippen molar-refractivity contribution in [2.75, 3.05) is 6.54 Å². The Hall–Kier alpha value is -1.91. The smallest absolute Gasteiger partial charge is 0.207 e. The molecule has 1 aliphatic carbocycles. The fourth-order valence-corrected chi connectivity index (χ4v) is 4.31. The van der Waals surface area contributed by atoms with Crippen molar-refractivity contribution >= 4 is 15.6 Å². The predicted molar refractivity (Wildman–Crippen MR) is 103 cm³/mol.